The van der Waals surface area contributed by atoms with Crippen LogP contribution in [0.5, 0.6) is 0 Å². The fourth-order valence-corrected chi connectivity index (χ4v) is 3.08. The van der Waals surface area contributed by atoms with Crippen molar-refractivity contribution in [1.29, 1.82) is 0 Å². The van der Waals surface area contributed by atoms with E-state index in [1.165, 1.54) is 6.26 Å². The molecule has 0 spiro atoms. The quantitative estimate of drug-likeness (QED) is 0.646. The number of hydrogen-bond acceptors (Lipinski definition) is 7. The molecule has 0 atom stereocenters. The zero-order chi connectivity index (χ0) is 20.6. The Labute approximate surface area is 166 Å². The number of hydrogen-bond donors (Lipinski definition) is 2. The molecule has 1 fully saturated rings. The molecule has 4 rings (SSSR count). The van der Waals surface area contributed by atoms with Crippen molar-refractivity contribution < 1.29 is 18.7 Å². The number of aromatic nitrogens is 4. The third-order valence-corrected chi connectivity index (χ3v) is 4.57. The minimum absolute atomic E-state index is 0.0179. The Balaban J connectivity index is 1.53. The van der Waals surface area contributed by atoms with E-state index in [1.54, 1.807) is 29.2 Å². The molecule has 2 amide bonds. The second kappa shape index (κ2) is 7.13. The molecule has 10 heteroatoms. The van der Waals surface area contributed by atoms with Gasteiger partial charge in [0.1, 0.15) is 6.26 Å². The van der Waals surface area contributed by atoms with E-state index < -0.39 is 11.8 Å². The largest absolute Gasteiger partial charge is 0.444 e. The zero-order valence-corrected chi connectivity index (χ0v) is 16.0. The molecule has 3 N–H and O–H groups in total. The summed E-state index contributed by atoms with van der Waals surface area (Å²) in [5, 5.41) is 6.84. The van der Waals surface area contributed by atoms with E-state index in [4.69, 9.17) is 14.9 Å². The molecule has 29 heavy (non-hydrogen) atoms. The van der Waals surface area contributed by atoms with E-state index in [2.05, 4.69) is 27.3 Å². The van der Waals surface area contributed by atoms with Gasteiger partial charge in [-0.05, 0) is 19.1 Å². The lowest BCUT2D eigenvalue weighted by molar-refractivity contribution is -0.111. The number of primary amides is 1. The van der Waals surface area contributed by atoms with Gasteiger partial charge >= 0.3 is 0 Å². The Hall–Kier alpha value is -3.53. The van der Waals surface area contributed by atoms with E-state index in [0.717, 1.165) is 5.69 Å². The number of carbonyl (C=O) groups is 2. The molecule has 3 aromatic rings. The molecule has 0 bridgehead atoms. The predicted octanol–water partition coefficient (Wildman–Crippen LogP) is 1.63. The number of anilines is 1. The molecule has 0 aliphatic carbocycles. The fourth-order valence-electron chi connectivity index (χ4n) is 3.08. The van der Waals surface area contributed by atoms with Gasteiger partial charge in [0.05, 0.1) is 25.4 Å². The standard InChI is InChI=1S/C19H20N6O4/c1-11-5-12(3-4-21-11)18-23-14(7-29-18)17(27)22-13-6-25(24-15(13)16(20)26)8-19(2)9-28-10-19/h3-7H,8-10H2,1-2H3,(H2,20,26)(H,22,27). The molecular weight excluding hydrogens is 376 g/mol. The van der Waals surface area contributed by atoms with Gasteiger partial charge < -0.3 is 20.2 Å². The van der Waals surface area contributed by atoms with Gasteiger partial charge in [0.2, 0.25) is 5.89 Å². The Morgan fingerprint density at radius 2 is 2.17 bits per heavy atom. The van der Waals surface area contributed by atoms with Crippen LogP contribution in [0, 0.1) is 12.3 Å². The second-order valence-corrected chi connectivity index (χ2v) is 7.43. The maximum absolute atomic E-state index is 12.6. The van der Waals surface area contributed by atoms with Crippen molar-refractivity contribution in [2.45, 2.75) is 20.4 Å². The number of nitrogens with one attached hydrogen (secondary N) is 1. The van der Waals surface area contributed by atoms with Crippen molar-refractivity contribution in [2.24, 2.45) is 11.1 Å². The number of aryl methyl sites for hydroxylation is 1. The molecule has 1 saturated heterocycles. The Kier molecular flexibility index (Phi) is 4.63. The van der Waals surface area contributed by atoms with E-state index in [1.807, 2.05) is 6.92 Å². The minimum Gasteiger partial charge on any atom is -0.444 e. The highest BCUT2D eigenvalue weighted by atomic mass is 16.5. The summed E-state index contributed by atoms with van der Waals surface area (Å²) in [6.07, 6.45) is 4.46. The first kappa shape index (κ1) is 18.8. The highest BCUT2D eigenvalue weighted by molar-refractivity contribution is 6.07. The van der Waals surface area contributed by atoms with Gasteiger partial charge in [-0.15, -0.1) is 0 Å². The molecule has 0 unspecified atom stereocenters. The van der Waals surface area contributed by atoms with Crippen molar-refractivity contribution in [3.63, 3.8) is 0 Å². The summed E-state index contributed by atoms with van der Waals surface area (Å²) in [4.78, 5) is 32.7. The molecule has 0 aromatic carbocycles. The monoisotopic (exact) mass is 396 g/mol. The van der Waals surface area contributed by atoms with Gasteiger partial charge in [0.25, 0.3) is 11.8 Å². The minimum atomic E-state index is -0.734. The van der Waals surface area contributed by atoms with E-state index in [-0.39, 0.29) is 22.5 Å². The van der Waals surface area contributed by atoms with Gasteiger partial charge in [-0.3, -0.25) is 19.3 Å². The Morgan fingerprint density at radius 3 is 2.83 bits per heavy atom. The average molecular weight is 396 g/mol. The number of nitrogens with zero attached hydrogens (tertiary/aromatic N) is 4. The normalized spacial score (nSPS) is 15.0. The van der Waals surface area contributed by atoms with E-state index in [9.17, 15) is 9.59 Å². The van der Waals surface area contributed by atoms with E-state index >= 15 is 0 Å². The summed E-state index contributed by atoms with van der Waals surface area (Å²) in [7, 11) is 0. The van der Waals surface area contributed by atoms with Crippen molar-refractivity contribution in [1.82, 2.24) is 19.7 Å². The van der Waals surface area contributed by atoms with E-state index in [0.29, 0.717) is 31.2 Å². The second-order valence-electron chi connectivity index (χ2n) is 7.43. The third kappa shape index (κ3) is 3.87. The number of oxazole rings is 1. The molecule has 0 saturated carbocycles. The van der Waals surface area contributed by atoms with Crippen molar-refractivity contribution >= 4 is 17.5 Å². The van der Waals surface area contributed by atoms with Gasteiger partial charge in [0, 0.05) is 29.1 Å². The molecule has 150 valence electrons. The number of ether oxygens (including phenoxy) is 1. The molecule has 4 heterocycles. The maximum atomic E-state index is 12.6. The van der Waals surface area contributed by atoms with Crippen molar-refractivity contribution in [2.75, 3.05) is 18.5 Å². The van der Waals surface area contributed by atoms with Gasteiger partial charge in [-0.25, -0.2) is 4.98 Å². The third-order valence-electron chi connectivity index (χ3n) is 4.57. The average Bonchev–Trinajstić information content (AvgIpc) is 3.28. The highest BCUT2D eigenvalue weighted by Gasteiger charge is 2.34. The summed E-state index contributed by atoms with van der Waals surface area (Å²) < 4.78 is 12.2. The first-order valence-electron chi connectivity index (χ1n) is 8.98. The fraction of sp³-hybridized carbons (Fsp3) is 0.316. The summed E-state index contributed by atoms with van der Waals surface area (Å²) in [6, 6.07) is 3.54. The summed E-state index contributed by atoms with van der Waals surface area (Å²) in [6.45, 7) is 5.66. The molecule has 10 nitrogen and oxygen atoms in total. The molecule has 3 aromatic heterocycles. The number of amides is 2. The van der Waals surface area contributed by atoms with Crippen LogP contribution in [-0.4, -0.2) is 44.8 Å². The van der Waals surface area contributed by atoms with Crippen molar-refractivity contribution in [3.05, 3.63) is 47.9 Å². The van der Waals surface area contributed by atoms with Crippen molar-refractivity contribution in [3.8, 4) is 11.5 Å². The SMILES string of the molecule is Cc1cc(-c2nc(C(=O)Nc3cn(CC4(C)COC4)nc3C(N)=O)co2)ccn1. The zero-order valence-electron chi connectivity index (χ0n) is 16.0. The first-order chi connectivity index (χ1) is 13.8. The van der Waals surface area contributed by atoms with Crippen LogP contribution in [0.1, 0.15) is 33.6 Å². The lowest BCUT2D eigenvalue weighted by Crippen LogP contribution is -2.43. The van der Waals surface area contributed by atoms with Crippen LogP contribution in [0.15, 0.2) is 35.2 Å². The number of rotatable bonds is 6. The van der Waals surface area contributed by atoms with Gasteiger partial charge in [0.15, 0.2) is 11.4 Å². The van der Waals surface area contributed by atoms with Crippen LogP contribution in [0.2, 0.25) is 0 Å². The van der Waals surface area contributed by atoms with Crippen LogP contribution >= 0.6 is 0 Å². The number of pyridine rings is 1. The maximum Gasteiger partial charge on any atom is 0.277 e. The van der Waals surface area contributed by atoms with Crippen LogP contribution < -0.4 is 11.1 Å². The smallest absolute Gasteiger partial charge is 0.277 e. The van der Waals surface area contributed by atoms with Crippen LogP contribution in [0.4, 0.5) is 5.69 Å². The first-order valence-corrected chi connectivity index (χ1v) is 8.98. The molecule has 0 radical (unpaired) electrons. The summed E-state index contributed by atoms with van der Waals surface area (Å²) in [5.74, 6) is -0.974. The number of nitrogens with two attached hydrogens (primary N) is 1. The predicted molar refractivity (Wildman–Crippen MR) is 102 cm³/mol. The number of carbonyl (C=O) groups excluding carboxylic acids is 2. The lowest BCUT2D eigenvalue weighted by Gasteiger charge is -2.37. The van der Waals surface area contributed by atoms with Crippen LogP contribution in [-0.2, 0) is 11.3 Å². The Morgan fingerprint density at radius 1 is 1.38 bits per heavy atom. The lowest BCUT2D eigenvalue weighted by atomic mass is 9.89. The highest BCUT2D eigenvalue weighted by Crippen LogP contribution is 2.29. The summed E-state index contributed by atoms with van der Waals surface area (Å²) in [5.41, 5.74) is 7.13. The summed E-state index contributed by atoms with van der Waals surface area (Å²) >= 11 is 0. The molecule has 1 aliphatic heterocycles. The Bertz CT molecular complexity index is 1080. The van der Waals surface area contributed by atoms with Crippen LogP contribution in [0.25, 0.3) is 11.5 Å². The van der Waals surface area contributed by atoms with Gasteiger partial charge in [-0.1, -0.05) is 6.92 Å². The van der Waals surface area contributed by atoms with Crippen LogP contribution in [0.3, 0.4) is 0 Å². The molecule has 1 aliphatic rings. The van der Waals surface area contributed by atoms with Gasteiger partial charge in [-0.2, -0.15) is 5.10 Å². The molecular formula is C19H20N6O4. The topological polar surface area (TPSA) is 138 Å².